The maximum absolute atomic E-state index is 13.1. The van der Waals surface area contributed by atoms with Crippen LogP contribution in [-0.4, -0.2) is 68.8 Å². The highest BCUT2D eigenvalue weighted by molar-refractivity contribution is 6.00. The summed E-state index contributed by atoms with van der Waals surface area (Å²) in [6, 6.07) is 4.96. The molecule has 15 heteroatoms. The predicted octanol–water partition coefficient (Wildman–Crippen LogP) is 2.42. The van der Waals surface area contributed by atoms with Gasteiger partial charge in [-0.2, -0.15) is 4.80 Å². The molecule has 186 valence electrons. The SMILES string of the molecule is COc1ccc(OC(F)(F)F)cc1C(=O)C1CCN(c2cc(-c3nnn(CC(=O)O)n3)on2)CC1. The van der Waals surface area contributed by atoms with Crippen LogP contribution in [0.15, 0.2) is 28.8 Å². The summed E-state index contributed by atoms with van der Waals surface area (Å²) >= 11 is 0. The zero-order valence-corrected chi connectivity index (χ0v) is 18.2. The van der Waals surface area contributed by atoms with Gasteiger partial charge in [-0.25, -0.2) is 0 Å². The van der Waals surface area contributed by atoms with Crippen molar-refractivity contribution in [2.45, 2.75) is 25.7 Å². The van der Waals surface area contributed by atoms with Crippen LogP contribution in [0.3, 0.4) is 0 Å². The van der Waals surface area contributed by atoms with Gasteiger partial charge in [-0.3, -0.25) is 9.59 Å². The number of rotatable bonds is 8. The fraction of sp³-hybridized carbons (Fsp3) is 0.400. The van der Waals surface area contributed by atoms with Gasteiger partial charge in [0.2, 0.25) is 11.6 Å². The highest BCUT2D eigenvalue weighted by Gasteiger charge is 2.33. The summed E-state index contributed by atoms with van der Waals surface area (Å²) in [5.41, 5.74) is 0.0203. The molecule has 35 heavy (non-hydrogen) atoms. The topological polar surface area (TPSA) is 146 Å². The Balaban J connectivity index is 1.41. The van der Waals surface area contributed by atoms with Crippen LogP contribution in [0.5, 0.6) is 11.5 Å². The third-order valence-corrected chi connectivity index (χ3v) is 5.31. The standard InChI is InChI=1S/C20H19F3N6O6/c1-33-14-3-2-12(34-20(21,22)23)8-13(14)18(32)11-4-6-28(7-5-11)16-9-15(35-26-16)19-24-27-29(25-19)10-17(30)31/h2-3,8-9,11H,4-7,10H2,1H3,(H,30,31). The monoisotopic (exact) mass is 496 g/mol. The summed E-state index contributed by atoms with van der Waals surface area (Å²) in [5, 5.41) is 24.1. The van der Waals surface area contributed by atoms with Gasteiger partial charge in [-0.05, 0) is 36.3 Å². The first-order chi connectivity index (χ1) is 16.6. The molecule has 1 aromatic carbocycles. The van der Waals surface area contributed by atoms with Gasteiger partial charge in [0.25, 0.3) is 0 Å². The highest BCUT2D eigenvalue weighted by Crippen LogP contribution is 2.33. The minimum atomic E-state index is -4.88. The number of nitrogens with zero attached hydrogens (tertiary/aromatic N) is 6. The number of anilines is 1. The third kappa shape index (κ3) is 5.67. The Morgan fingerprint density at radius 3 is 2.63 bits per heavy atom. The average molecular weight is 496 g/mol. The second kappa shape index (κ2) is 9.60. The highest BCUT2D eigenvalue weighted by atomic mass is 19.4. The number of halogens is 3. The second-order valence-electron chi connectivity index (χ2n) is 7.62. The van der Waals surface area contributed by atoms with Gasteiger partial charge >= 0.3 is 12.3 Å². The molecule has 0 aliphatic carbocycles. The van der Waals surface area contributed by atoms with Crippen molar-refractivity contribution < 1.29 is 41.9 Å². The largest absolute Gasteiger partial charge is 0.573 e. The van der Waals surface area contributed by atoms with Crippen molar-refractivity contribution in [3.8, 4) is 23.1 Å². The Bertz CT molecular complexity index is 1220. The molecule has 3 heterocycles. The molecule has 1 aliphatic heterocycles. The molecule has 1 aliphatic rings. The van der Waals surface area contributed by atoms with Gasteiger partial charge in [0.05, 0.1) is 12.7 Å². The van der Waals surface area contributed by atoms with Crippen LogP contribution >= 0.6 is 0 Å². The first-order valence-electron chi connectivity index (χ1n) is 10.3. The number of ketones is 1. The van der Waals surface area contributed by atoms with Gasteiger partial charge in [-0.15, -0.1) is 23.4 Å². The number of ether oxygens (including phenoxy) is 2. The molecule has 12 nitrogen and oxygen atoms in total. The smallest absolute Gasteiger partial charge is 0.496 e. The first kappa shape index (κ1) is 24.0. The molecule has 2 aromatic heterocycles. The molecule has 1 saturated heterocycles. The molecule has 0 atom stereocenters. The number of carbonyl (C=O) groups is 2. The zero-order valence-electron chi connectivity index (χ0n) is 18.2. The lowest BCUT2D eigenvalue weighted by Crippen LogP contribution is -2.36. The number of piperidine rings is 1. The van der Waals surface area contributed by atoms with Crippen LogP contribution in [0.25, 0.3) is 11.6 Å². The van der Waals surface area contributed by atoms with E-state index in [-0.39, 0.29) is 28.7 Å². The molecular formula is C20H19F3N6O6. The van der Waals surface area contributed by atoms with Crippen LogP contribution in [0.1, 0.15) is 23.2 Å². The van der Waals surface area contributed by atoms with Crippen molar-refractivity contribution in [2.24, 2.45) is 5.92 Å². The van der Waals surface area contributed by atoms with Crippen molar-refractivity contribution >= 4 is 17.6 Å². The Labute approximate surface area is 195 Å². The van der Waals surface area contributed by atoms with Crippen LogP contribution in [0.4, 0.5) is 19.0 Å². The Morgan fingerprint density at radius 2 is 1.97 bits per heavy atom. The molecule has 0 saturated carbocycles. The summed E-state index contributed by atoms with van der Waals surface area (Å²) < 4.78 is 52.1. The lowest BCUT2D eigenvalue weighted by molar-refractivity contribution is -0.274. The summed E-state index contributed by atoms with van der Waals surface area (Å²) in [4.78, 5) is 26.6. The fourth-order valence-corrected chi connectivity index (χ4v) is 3.72. The summed E-state index contributed by atoms with van der Waals surface area (Å²) in [6.07, 6.45) is -4.04. The number of aromatic nitrogens is 5. The van der Waals surface area contributed by atoms with E-state index < -0.39 is 30.5 Å². The molecule has 1 fully saturated rings. The summed E-state index contributed by atoms with van der Waals surface area (Å²) in [5.74, 6) is -1.50. The van der Waals surface area contributed by atoms with Gasteiger partial charge in [0, 0.05) is 25.1 Å². The van der Waals surface area contributed by atoms with E-state index in [0.717, 1.165) is 16.9 Å². The average Bonchev–Trinajstić information content (AvgIpc) is 3.47. The van der Waals surface area contributed by atoms with Crippen LogP contribution in [0, 0.1) is 5.92 Å². The molecule has 3 aromatic rings. The number of aliphatic carboxylic acids is 1. The lowest BCUT2D eigenvalue weighted by atomic mass is 9.88. The number of carbonyl (C=O) groups excluding carboxylic acids is 1. The van der Waals surface area contributed by atoms with Gasteiger partial charge < -0.3 is 24.0 Å². The summed E-state index contributed by atoms with van der Waals surface area (Å²) in [7, 11) is 1.33. The molecular weight excluding hydrogens is 477 g/mol. The molecule has 0 bridgehead atoms. The van der Waals surface area contributed by atoms with Gasteiger partial charge in [0.15, 0.2) is 18.1 Å². The molecule has 0 unspecified atom stereocenters. The van der Waals surface area contributed by atoms with Crippen molar-refractivity contribution in [1.29, 1.82) is 0 Å². The summed E-state index contributed by atoms with van der Waals surface area (Å²) in [6.45, 7) is 0.413. The van der Waals surface area contributed by atoms with E-state index in [4.69, 9.17) is 14.4 Å². The number of methoxy groups -OCH3 is 1. The number of alkyl halides is 3. The minimum Gasteiger partial charge on any atom is -0.496 e. The van der Waals surface area contributed by atoms with Crippen molar-refractivity contribution in [3.05, 3.63) is 29.8 Å². The maximum atomic E-state index is 13.1. The van der Waals surface area contributed by atoms with Gasteiger partial charge in [0.1, 0.15) is 11.5 Å². The fourth-order valence-electron chi connectivity index (χ4n) is 3.72. The van der Waals surface area contributed by atoms with Crippen molar-refractivity contribution in [2.75, 3.05) is 25.1 Å². The molecule has 0 amide bonds. The molecule has 0 spiro atoms. The third-order valence-electron chi connectivity index (χ3n) is 5.31. The van der Waals surface area contributed by atoms with Crippen LogP contribution in [-0.2, 0) is 11.3 Å². The first-order valence-corrected chi connectivity index (χ1v) is 10.3. The Morgan fingerprint density at radius 1 is 1.23 bits per heavy atom. The normalized spacial score (nSPS) is 14.7. The molecule has 0 radical (unpaired) electrons. The number of carboxylic acid groups (broad SMARTS) is 1. The van der Waals surface area contributed by atoms with E-state index in [9.17, 15) is 22.8 Å². The Kier molecular flexibility index (Phi) is 6.57. The number of Topliss-reactive ketones (excluding diaryl/α,β-unsaturated/α-hetero) is 1. The van der Waals surface area contributed by atoms with Crippen LogP contribution < -0.4 is 14.4 Å². The van der Waals surface area contributed by atoms with E-state index >= 15 is 0 Å². The Hall–Kier alpha value is -4.17. The molecule has 4 rings (SSSR count). The van der Waals surface area contributed by atoms with E-state index in [1.165, 1.54) is 13.2 Å². The van der Waals surface area contributed by atoms with Gasteiger partial charge in [-0.1, -0.05) is 5.16 Å². The number of tetrazole rings is 1. The van der Waals surface area contributed by atoms with E-state index in [2.05, 4.69) is 25.3 Å². The second-order valence-corrected chi connectivity index (χ2v) is 7.62. The van der Waals surface area contributed by atoms with E-state index in [0.29, 0.717) is 31.7 Å². The van der Waals surface area contributed by atoms with Crippen molar-refractivity contribution in [3.63, 3.8) is 0 Å². The van der Waals surface area contributed by atoms with E-state index in [1.54, 1.807) is 6.07 Å². The number of carboxylic acids is 1. The number of hydrogen-bond acceptors (Lipinski definition) is 10. The lowest BCUT2D eigenvalue weighted by Gasteiger charge is -2.31. The minimum absolute atomic E-state index is 0.0203. The van der Waals surface area contributed by atoms with E-state index in [1.807, 2.05) is 4.90 Å². The quantitative estimate of drug-likeness (QED) is 0.459. The van der Waals surface area contributed by atoms with Crippen LogP contribution in [0.2, 0.25) is 0 Å². The molecule has 1 N–H and O–H groups in total. The van der Waals surface area contributed by atoms with Crippen molar-refractivity contribution in [1.82, 2.24) is 25.4 Å². The maximum Gasteiger partial charge on any atom is 0.573 e. The number of benzene rings is 1. The number of hydrogen-bond donors (Lipinski definition) is 1. The zero-order chi connectivity index (χ0) is 25.2. The predicted molar refractivity (Wildman–Crippen MR) is 110 cm³/mol.